The minimum Gasteiger partial charge on any atom is -0.348 e. The highest BCUT2D eigenvalue weighted by Gasteiger charge is 2.07. The van der Waals surface area contributed by atoms with Crippen LogP contribution < -0.4 is 10.6 Å². The number of amides is 1. The van der Waals surface area contributed by atoms with Crippen molar-refractivity contribution < 1.29 is 4.79 Å². The Morgan fingerprint density at radius 2 is 1.88 bits per heavy atom. The van der Waals surface area contributed by atoms with Gasteiger partial charge in [0.15, 0.2) is 0 Å². The Bertz CT molecular complexity index is 878. The van der Waals surface area contributed by atoms with E-state index in [0.29, 0.717) is 22.9 Å². The normalized spacial score (nSPS) is 10.3. The fraction of sp³-hybridized carbons (Fsp3) is 0.100. The number of pyridine rings is 1. The van der Waals surface area contributed by atoms with Crippen LogP contribution in [0.25, 0.3) is 0 Å². The van der Waals surface area contributed by atoms with Crippen molar-refractivity contribution in [2.45, 2.75) is 13.5 Å². The number of nitrogens with one attached hydrogen (secondary N) is 2. The Hall–Kier alpha value is -2.85. The van der Waals surface area contributed by atoms with Crippen molar-refractivity contribution in [1.29, 1.82) is 0 Å². The molecule has 126 valence electrons. The predicted octanol–water partition coefficient (Wildman–Crippen LogP) is 4.72. The number of aromatic nitrogens is 1. The summed E-state index contributed by atoms with van der Waals surface area (Å²) in [5.41, 5.74) is 3.62. The highest BCUT2D eigenvalue weighted by molar-refractivity contribution is 6.30. The standard InChI is InChI=1S/C20H18ClN3O/c1-14-5-7-15(8-6-14)13-23-20(25)16-9-10-22-19(11-16)24-18-4-2-3-17(21)12-18/h2-12H,13H2,1H3,(H,22,24)(H,23,25). The van der Waals surface area contributed by atoms with Gasteiger partial charge in [0.1, 0.15) is 5.82 Å². The SMILES string of the molecule is Cc1ccc(CNC(=O)c2ccnc(Nc3cccc(Cl)c3)c2)cc1. The molecule has 3 rings (SSSR count). The van der Waals surface area contributed by atoms with Crippen LogP contribution in [0.1, 0.15) is 21.5 Å². The number of carbonyl (C=O) groups excluding carboxylic acids is 1. The van der Waals surface area contributed by atoms with Gasteiger partial charge in [0, 0.05) is 29.0 Å². The summed E-state index contributed by atoms with van der Waals surface area (Å²) in [5, 5.41) is 6.70. The summed E-state index contributed by atoms with van der Waals surface area (Å²) in [6.45, 7) is 2.52. The van der Waals surface area contributed by atoms with Crippen LogP contribution >= 0.6 is 11.6 Å². The highest BCUT2D eigenvalue weighted by atomic mass is 35.5. The van der Waals surface area contributed by atoms with Gasteiger partial charge in [-0.1, -0.05) is 47.5 Å². The van der Waals surface area contributed by atoms with Gasteiger partial charge in [0.2, 0.25) is 0 Å². The number of anilines is 2. The van der Waals surface area contributed by atoms with Crippen LogP contribution in [0.5, 0.6) is 0 Å². The van der Waals surface area contributed by atoms with Gasteiger partial charge >= 0.3 is 0 Å². The lowest BCUT2D eigenvalue weighted by Crippen LogP contribution is -2.22. The minimum atomic E-state index is -0.142. The Balaban J connectivity index is 1.65. The van der Waals surface area contributed by atoms with Crippen LogP contribution in [0.2, 0.25) is 5.02 Å². The second kappa shape index (κ2) is 7.81. The maximum Gasteiger partial charge on any atom is 0.251 e. The zero-order chi connectivity index (χ0) is 17.6. The first-order valence-corrected chi connectivity index (χ1v) is 8.30. The number of nitrogens with zero attached hydrogens (tertiary/aromatic N) is 1. The first-order valence-electron chi connectivity index (χ1n) is 7.92. The maximum absolute atomic E-state index is 12.4. The largest absolute Gasteiger partial charge is 0.348 e. The van der Waals surface area contributed by atoms with E-state index in [4.69, 9.17) is 11.6 Å². The molecule has 0 aliphatic rings. The van der Waals surface area contributed by atoms with Gasteiger partial charge in [-0.3, -0.25) is 4.79 Å². The smallest absolute Gasteiger partial charge is 0.251 e. The van der Waals surface area contributed by atoms with Gasteiger partial charge < -0.3 is 10.6 Å². The average molecular weight is 352 g/mol. The van der Waals surface area contributed by atoms with Crippen molar-refractivity contribution in [2.24, 2.45) is 0 Å². The van der Waals surface area contributed by atoms with Crippen LogP contribution in [-0.4, -0.2) is 10.9 Å². The molecule has 0 fully saturated rings. The van der Waals surface area contributed by atoms with E-state index >= 15 is 0 Å². The van der Waals surface area contributed by atoms with Crippen LogP contribution in [0.15, 0.2) is 66.9 Å². The molecule has 0 saturated heterocycles. The Kier molecular flexibility index (Phi) is 5.31. The highest BCUT2D eigenvalue weighted by Crippen LogP contribution is 2.19. The van der Waals surface area contributed by atoms with Crippen molar-refractivity contribution in [3.8, 4) is 0 Å². The molecule has 2 aromatic carbocycles. The molecule has 0 aliphatic heterocycles. The van der Waals surface area contributed by atoms with Gasteiger partial charge in [-0.05, 0) is 42.8 Å². The first-order chi connectivity index (χ1) is 12.1. The second-order valence-electron chi connectivity index (χ2n) is 5.73. The van der Waals surface area contributed by atoms with E-state index in [9.17, 15) is 4.79 Å². The van der Waals surface area contributed by atoms with E-state index < -0.39 is 0 Å². The van der Waals surface area contributed by atoms with Crippen LogP contribution in [0.4, 0.5) is 11.5 Å². The van der Waals surface area contributed by atoms with Crippen molar-refractivity contribution in [2.75, 3.05) is 5.32 Å². The zero-order valence-corrected chi connectivity index (χ0v) is 14.5. The molecule has 0 saturated carbocycles. The van der Waals surface area contributed by atoms with E-state index in [1.807, 2.05) is 43.3 Å². The van der Waals surface area contributed by atoms with E-state index in [1.54, 1.807) is 30.5 Å². The summed E-state index contributed by atoms with van der Waals surface area (Å²) in [6.07, 6.45) is 1.60. The van der Waals surface area contributed by atoms with Crippen LogP contribution in [-0.2, 0) is 6.54 Å². The number of halogens is 1. The van der Waals surface area contributed by atoms with Crippen LogP contribution in [0, 0.1) is 6.92 Å². The van der Waals surface area contributed by atoms with E-state index in [1.165, 1.54) is 5.56 Å². The monoisotopic (exact) mass is 351 g/mol. The molecule has 2 N–H and O–H groups in total. The van der Waals surface area contributed by atoms with E-state index in [2.05, 4.69) is 15.6 Å². The lowest BCUT2D eigenvalue weighted by atomic mass is 10.1. The molecule has 1 aromatic heterocycles. The molecule has 4 nitrogen and oxygen atoms in total. The van der Waals surface area contributed by atoms with Crippen LogP contribution in [0.3, 0.4) is 0 Å². The predicted molar refractivity (Wildman–Crippen MR) is 101 cm³/mol. The fourth-order valence-corrected chi connectivity index (χ4v) is 2.53. The van der Waals surface area contributed by atoms with Crippen molar-refractivity contribution in [3.63, 3.8) is 0 Å². The van der Waals surface area contributed by atoms with Crippen molar-refractivity contribution in [3.05, 3.63) is 88.6 Å². The second-order valence-corrected chi connectivity index (χ2v) is 6.17. The lowest BCUT2D eigenvalue weighted by Gasteiger charge is -2.09. The molecule has 3 aromatic rings. The molecule has 0 bridgehead atoms. The van der Waals surface area contributed by atoms with Crippen molar-refractivity contribution in [1.82, 2.24) is 10.3 Å². The number of aryl methyl sites for hydroxylation is 1. The molecular formula is C20H18ClN3O. The average Bonchev–Trinajstić information content (AvgIpc) is 2.61. The Morgan fingerprint density at radius 3 is 2.64 bits per heavy atom. The maximum atomic E-state index is 12.4. The third-order valence-electron chi connectivity index (χ3n) is 3.69. The number of benzene rings is 2. The van der Waals surface area contributed by atoms with Gasteiger partial charge in [-0.2, -0.15) is 0 Å². The molecule has 0 spiro atoms. The minimum absolute atomic E-state index is 0.142. The Morgan fingerprint density at radius 1 is 1.08 bits per heavy atom. The summed E-state index contributed by atoms with van der Waals surface area (Å²) >= 11 is 5.98. The molecule has 0 radical (unpaired) electrons. The number of rotatable bonds is 5. The van der Waals surface area contributed by atoms with Gasteiger partial charge in [-0.25, -0.2) is 4.98 Å². The Labute approximate surface area is 151 Å². The third-order valence-corrected chi connectivity index (χ3v) is 3.93. The molecule has 5 heteroatoms. The van der Waals surface area contributed by atoms with Crippen molar-refractivity contribution >= 4 is 29.0 Å². The van der Waals surface area contributed by atoms with Gasteiger partial charge in [-0.15, -0.1) is 0 Å². The lowest BCUT2D eigenvalue weighted by molar-refractivity contribution is 0.0951. The summed E-state index contributed by atoms with van der Waals surface area (Å²) in [6, 6.07) is 18.8. The summed E-state index contributed by atoms with van der Waals surface area (Å²) in [5.74, 6) is 0.447. The first kappa shape index (κ1) is 17.0. The summed E-state index contributed by atoms with van der Waals surface area (Å²) in [7, 11) is 0. The third kappa shape index (κ3) is 4.81. The number of carbonyl (C=O) groups is 1. The quantitative estimate of drug-likeness (QED) is 0.699. The number of hydrogen-bond donors (Lipinski definition) is 2. The molecule has 0 unspecified atom stereocenters. The topological polar surface area (TPSA) is 54.0 Å². The molecular weight excluding hydrogens is 334 g/mol. The summed E-state index contributed by atoms with van der Waals surface area (Å²) < 4.78 is 0. The van der Waals surface area contributed by atoms with E-state index in [0.717, 1.165) is 11.3 Å². The molecule has 1 amide bonds. The summed E-state index contributed by atoms with van der Waals surface area (Å²) in [4.78, 5) is 16.6. The fourth-order valence-electron chi connectivity index (χ4n) is 2.34. The molecule has 25 heavy (non-hydrogen) atoms. The van der Waals surface area contributed by atoms with Gasteiger partial charge in [0.05, 0.1) is 0 Å². The number of hydrogen-bond acceptors (Lipinski definition) is 3. The van der Waals surface area contributed by atoms with E-state index in [-0.39, 0.29) is 5.91 Å². The molecule has 0 atom stereocenters. The van der Waals surface area contributed by atoms with Gasteiger partial charge in [0.25, 0.3) is 5.91 Å². The molecule has 0 aliphatic carbocycles. The molecule has 1 heterocycles. The zero-order valence-electron chi connectivity index (χ0n) is 13.8.